The van der Waals surface area contributed by atoms with Crippen LogP contribution in [0.5, 0.6) is 0 Å². The first-order valence-electron chi connectivity index (χ1n) is 7.41. The molecule has 3 rings (SSSR count). The number of benzene rings is 1. The van der Waals surface area contributed by atoms with Gasteiger partial charge in [-0.3, -0.25) is 4.90 Å². The molecule has 1 N–H and O–H groups in total. The lowest BCUT2D eigenvalue weighted by Crippen LogP contribution is -2.55. The summed E-state index contributed by atoms with van der Waals surface area (Å²) in [6, 6.07) is 9.91. The van der Waals surface area contributed by atoms with Crippen LogP contribution < -0.4 is 5.32 Å². The van der Waals surface area contributed by atoms with Crippen molar-refractivity contribution in [2.75, 3.05) is 26.2 Å². The van der Waals surface area contributed by atoms with Gasteiger partial charge in [-0.15, -0.1) is 0 Å². The normalized spacial score (nSPS) is 32.0. The minimum atomic E-state index is 0.248. The van der Waals surface area contributed by atoms with E-state index >= 15 is 0 Å². The van der Waals surface area contributed by atoms with E-state index in [-0.39, 0.29) is 6.10 Å². The van der Waals surface area contributed by atoms with Crippen LogP contribution in [0.2, 0.25) is 0 Å². The van der Waals surface area contributed by atoms with Crippen LogP contribution in [0.1, 0.15) is 31.1 Å². The van der Waals surface area contributed by atoms with Crippen molar-refractivity contribution in [1.29, 1.82) is 0 Å². The monoisotopic (exact) mass is 260 g/mol. The van der Waals surface area contributed by atoms with E-state index in [1.54, 1.807) is 0 Å². The summed E-state index contributed by atoms with van der Waals surface area (Å²) in [6.45, 7) is 8.63. The molecule has 19 heavy (non-hydrogen) atoms. The highest BCUT2D eigenvalue weighted by molar-refractivity contribution is 5.31. The molecule has 0 aliphatic carbocycles. The van der Waals surface area contributed by atoms with E-state index in [1.807, 2.05) is 0 Å². The number of nitrogens with one attached hydrogen (secondary N) is 1. The van der Waals surface area contributed by atoms with Gasteiger partial charge in [0, 0.05) is 31.7 Å². The second-order valence-corrected chi connectivity index (χ2v) is 5.92. The molecule has 3 nitrogen and oxygen atoms in total. The summed E-state index contributed by atoms with van der Waals surface area (Å²) in [7, 11) is 0. The highest BCUT2D eigenvalue weighted by Crippen LogP contribution is 2.28. The van der Waals surface area contributed by atoms with Gasteiger partial charge in [0.2, 0.25) is 0 Å². The molecule has 0 bridgehead atoms. The molecule has 0 radical (unpaired) electrons. The highest BCUT2D eigenvalue weighted by Gasteiger charge is 2.28. The van der Waals surface area contributed by atoms with E-state index in [4.69, 9.17) is 4.74 Å². The van der Waals surface area contributed by atoms with Crippen LogP contribution in [0, 0.1) is 0 Å². The number of piperazine rings is 1. The average molecular weight is 260 g/mol. The van der Waals surface area contributed by atoms with Crippen molar-refractivity contribution in [1.82, 2.24) is 10.2 Å². The Morgan fingerprint density at radius 2 is 2.16 bits per heavy atom. The van der Waals surface area contributed by atoms with Crippen LogP contribution in [-0.2, 0) is 11.2 Å². The van der Waals surface area contributed by atoms with Crippen LogP contribution in [0.4, 0.5) is 0 Å². The lowest BCUT2D eigenvalue weighted by molar-refractivity contribution is -0.000537. The number of hydrogen-bond donors (Lipinski definition) is 1. The first kappa shape index (κ1) is 13.1. The topological polar surface area (TPSA) is 24.5 Å². The molecule has 2 aliphatic heterocycles. The minimum absolute atomic E-state index is 0.248. The SMILES string of the molecule is CC1CN(CC2OCCc3ccccc32)C(C)CN1. The molecular formula is C16H24N2O. The van der Waals surface area contributed by atoms with Gasteiger partial charge >= 0.3 is 0 Å². The summed E-state index contributed by atoms with van der Waals surface area (Å²) in [5.74, 6) is 0. The number of ether oxygens (including phenoxy) is 1. The fourth-order valence-electron chi connectivity index (χ4n) is 3.19. The smallest absolute Gasteiger partial charge is 0.0954 e. The lowest BCUT2D eigenvalue weighted by atomic mass is 9.96. The fourth-order valence-corrected chi connectivity index (χ4v) is 3.19. The van der Waals surface area contributed by atoms with Crippen LogP contribution in [-0.4, -0.2) is 43.2 Å². The van der Waals surface area contributed by atoms with Gasteiger partial charge < -0.3 is 10.1 Å². The molecular weight excluding hydrogens is 236 g/mol. The molecule has 0 aromatic heterocycles. The molecule has 104 valence electrons. The number of rotatable bonds is 2. The number of hydrogen-bond acceptors (Lipinski definition) is 3. The minimum Gasteiger partial charge on any atom is -0.372 e. The molecule has 3 unspecified atom stereocenters. The Hall–Kier alpha value is -0.900. The molecule has 1 aromatic carbocycles. The maximum atomic E-state index is 6.03. The summed E-state index contributed by atoms with van der Waals surface area (Å²) in [5.41, 5.74) is 2.86. The third-order valence-electron chi connectivity index (χ3n) is 4.39. The Morgan fingerprint density at radius 3 is 3.05 bits per heavy atom. The maximum Gasteiger partial charge on any atom is 0.0954 e. The first-order valence-corrected chi connectivity index (χ1v) is 7.41. The fraction of sp³-hybridized carbons (Fsp3) is 0.625. The molecule has 3 heteroatoms. The van der Waals surface area contributed by atoms with Gasteiger partial charge in [0.25, 0.3) is 0 Å². The maximum absolute atomic E-state index is 6.03. The Balaban J connectivity index is 1.73. The van der Waals surface area contributed by atoms with Crippen molar-refractivity contribution < 1.29 is 4.74 Å². The summed E-state index contributed by atoms with van der Waals surface area (Å²) in [5, 5.41) is 3.54. The molecule has 0 amide bonds. The number of nitrogens with zero attached hydrogens (tertiary/aromatic N) is 1. The van der Waals surface area contributed by atoms with Crippen LogP contribution in [0.15, 0.2) is 24.3 Å². The molecule has 2 heterocycles. The van der Waals surface area contributed by atoms with Crippen molar-refractivity contribution in [2.24, 2.45) is 0 Å². The standard InChI is InChI=1S/C16H24N2O/c1-12-10-18(13(2)9-17-12)11-16-15-6-4-3-5-14(15)7-8-19-16/h3-6,12-13,16-17H,7-11H2,1-2H3. The first-order chi connectivity index (χ1) is 9.24. The van der Waals surface area contributed by atoms with E-state index in [9.17, 15) is 0 Å². The van der Waals surface area contributed by atoms with Crippen LogP contribution >= 0.6 is 0 Å². The zero-order valence-corrected chi connectivity index (χ0v) is 11.9. The Morgan fingerprint density at radius 1 is 1.32 bits per heavy atom. The Bertz CT molecular complexity index is 435. The van der Waals surface area contributed by atoms with E-state index in [0.717, 1.165) is 32.7 Å². The van der Waals surface area contributed by atoms with Gasteiger partial charge in [-0.1, -0.05) is 24.3 Å². The third-order valence-corrected chi connectivity index (χ3v) is 4.39. The van der Waals surface area contributed by atoms with E-state index < -0.39 is 0 Å². The van der Waals surface area contributed by atoms with Crippen molar-refractivity contribution in [3.63, 3.8) is 0 Å². The average Bonchev–Trinajstić information content (AvgIpc) is 2.43. The number of fused-ring (bicyclic) bond motifs is 1. The van der Waals surface area contributed by atoms with Gasteiger partial charge in [0.05, 0.1) is 12.7 Å². The summed E-state index contributed by atoms with van der Waals surface area (Å²) < 4.78 is 6.03. The molecule has 1 fully saturated rings. The predicted molar refractivity (Wildman–Crippen MR) is 77.3 cm³/mol. The zero-order chi connectivity index (χ0) is 13.2. The van der Waals surface area contributed by atoms with Gasteiger partial charge in [-0.2, -0.15) is 0 Å². The van der Waals surface area contributed by atoms with E-state index in [1.165, 1.54) is 11.1 Å². The second kappa shape index (κ2) is 5.61. The quantitative estimate of drug-likeness (QED) is 0.880. The lowest BCUT2D eigenvalue weighted by Gasteiger charge is -2.40. The summed E-state index contributed by atoms with van der Waals surface area (Å²) in [6.07, 6.45) is 1.30. The molecule has 1 saturated heterocycles. The predicted octanol–water partition coefficient (Wildman–Crippen LogP) is 1.98. The van der Waals surface area contributed by atoms with Crippen molar-refractivity contribution in [3.8, 4) is 0 Å². The zero-order valence-electron chi connectivity index (χ0n) is 11.9. The molecule has 0 spiro atoms. The van der Waals surface area contributed by atoms with Gasteiger partial charge in [-0.25, -0.2) is 0 Å². The van der Waals surface area contributed by atoms with Gasteiger partial charge in [0.1, 0.15) is 0 Å². The van der Waals surface area contributed by atoms with Crippen molar-refractivity contribution >= 4 is 0 Å². The largest absolute Gasteiger partial charge is 0.372 e. The summed E-state index contributed by atoms with van der Waals surface area (Å²) >= 11 is 0. The third kappa shape index (κ3) is 2.83. The van der Waals surface area contributed by atoms with Gasteiger partial charge in [0.15, 0.2) is 0 Å². The van der Waals surface area contributed by atoms with E-state index in [0.29, 0.717) is 12.1 Å². The summed E-state index contributed by atoms with van der Waals surface area (Å²) in [4.78, 5) is 2.56. The van der Waals surface area contributed by atoms with Crippen LogP contribution in [0.25, 0.3) is 0 Å². The Kier molecular flexibility index (Phi) is 3.87. The van der Waals surface area contributed by atoms with E-state index in [2.05, 4.69) is 48.3 Å². The molecule has 3 atom stereocenters. The van der Waals surface area contributed by atoms with Crippen molar-refractivity contribution in [2.45, 2.75) is 38.5 Å². The molecule has 0 saturated carbocycles. The second-order valence-electron chi connectivity index (χ2n) is 5.92. The molecule has 1 aromatic rings. The highest BCUT2D eigenvalue weighted by atomic mass is 16.5. The van der Waals surface area contributed by atoms with Crippen molar-refractivity contribution in [3.05, 3.63) is 35.4 Å². The van der Waals surface area contributed by atoms with Gasteiger partial charge in [-0.05, 0) is 31.4 Å². The Labute approximate surface area is 115 Å². The molecule has 2 aliphatic rings. The van der Waals surface area contributed by atoms with Crippen LogP contribution in [0.3, 0.4) is 0 Å².